The molecule has 122 valence electrons. The van der Waals surface area contributed by atoms with Crippen molar-refractivity contribution in [2.24, 2.45) is 0 Å². The summed E-state index contributed by atoms with van der Waals surface area (Å²) in [5.74, 6) is -0.256. The molecule has 0 aliphatic rings. The first-order valence-corrected chi connectivity index (χ1v) is 8.09. The molecular formula is C20H30O2. The molecule has 0 radical (unpaired) electrons. The molecule has 0 N–H and O–H groups in total. The van der Waals surface area contributed by atoms with Crippen molar-refractivity contribution in [1.82, 2.24) is 0 Å². The molecule has 22 heavy (non-hydrogen) atoms. The standard InChI is InChI=1S/C12H22O2.C8H8/c1-5-7-8-9-11(6-2)14-12(13)10(3)4;1-2-8-6-4-3-5-7-8/h11H,3,5-9H2,1-2,4H3;2-7H,1H2. The fraction of sp³-hybridized carbons (Fsp3) is 0.450. The van der Waals surface area contributed by atoms with Crippen LogP contribution in [0.25, 0.3) is 6.08 Å². The highest BCUT2D eigenvalue weighted by molar-refractivity contribution is 5.87. The second-order valence-electron chi connectivity index (χ2n) is 5.33. The van der Waals surface area contributed by atoms with Gasteiger partial charge in [-0.1, -0.05) is 76.3 Å². The number of esters is 1. The minimum Gasteiger partial charge on any atom is -0.459 e. The molecule has 2 heteroatoms. The van der Waals surface area contributed by atoms with Gasteiger partial charge in [-0.3, -0.25) is 0 Å². The number of hydrogen-bond acceptors (Lipinski definition) is 2. The lowest BCUT2D eigenvalue weighted by molar-refractivity contribution is -0.144. The van der Waals surface area contributed by atoms with Crippen LogP contribution >= 0.6 is 0 Å². The summed E-state index contributed by atoms with van der Waals surface area (Å²) in [5.41, 5.74) is 1.66. The van der Waals surface area contributed by atoms with Crippen LogP contribution in [-0.2, 0) is 9.53 Å². The third kappa shape index (κ3) is 9.98. The fourth-order valence-electron chi connectivity index (χ4n) is 1.81. The molecule has 1 unspecified atom stereocenters. The lowest BCUT2D eigenvalue weighted by Crippen LogP contribution is -2.17. The van der Waals surface area contributed by atoms with E-state index in [4.69, 9.17) is 4.74 Å². The molecule has 0 heterocycles. The van der Waals surface area contributed by atoms with Crippen molar-refractivity contribution in [2.45, 2.75) is 59.0 Å². The first kappa shape index (κ1) is 20.2. The van der Waals surface area contributed by atoms with E-state index in [1.807, 2.05) is 43.3 Å². The van der Waals surface area contributed by atoms with E-state index in [-0.39, 0.29) is 12.1 Å². The number of carbonyl (C=O) groups is 1. The third-order valence-corrected chi connectivity index (χ3v) is 3.24. The van der Waals surface area contributed by atoms with Gasteiger partial charge in [0.2, 0.25) is 0 Å². The number of carbonyl (C=O) groups excluding carboxylic acids is 1. The summed E-state index contributed by atoms with van der Waals surface area (Å²) in [6.07, 6.45) is 7.32. The van der Waals surface area contributed by atoms with Gasteiger partial charge in [0.15, 0.2) is 0 Å². The van der Waals surface area contributed by atoms with Crippen molar-refractivity contribution in [1.29, 1.82) is 0 Å². The molecule has 0 aliphatic heterocycles. The first-order chi connectivity index (χ1) is 10.5. The van der Waals surface area contributed by atoms with Gasteiger partial charge in [-0.25, -0.2) is 4.79 Å². The van der Waals surface area contributed by atoms with Crippen LogP contribution < -0.4 is 0 Å². The second kappa shape index (κ2) is 12.9. The van der Waals surface area contributed by atoms with Crippen LogP contribution in [-0.4, -0.2) is 12.1 Å². The molecule has 1 atom stereocenters. The molecule has 0 aromatic heterocycles. The van der Waals surface area contributed by atoms with Crippen molar-refractivity contribution in [3.8, 4) is 0 Å². The van der Waals surface area contributed by atoms with Gasteiger partial charge in [-0.2, -0.15) is 0 Å². The molecule has 1 rings (SSSR count). The van der Waals surface area contributed by atoms with Crippen LogP contribution in [0.15, 0.2) is 49.1 Å². The molecule has 2 nitrogen and oxygen atoms in total. The number of ether oxygens (including phenoxy) is 1. The largest absolute Gasteiger partial charge is 0.459 e. The Hall–Kier alpha value is -1.83. The zero-order valence-corrected chi connectivity index (χ0v) is 14.3. The molecule has 0 amide bonds. The summed E-state index contributed by atoms with van der Waals surface area (Å²) in [4.78, 5) is 11.2. The minimum absolute atomic E-state index is 0.0748. The Balaban J connectivity index is 0.000000461. The van der Waals surface area contributed by atoms with Crippen molar-refractivity contribution < 1.29 is 9.53 Å². The average molecular weight is 302 g/mol. The van der Waals surface area contributed by atoms with E-state index in [9.17, 15) is 4.79 Å². The van der Waals surface area contributed by atoms with E-state index in [0.29, 0.717) is 5.57 Å². The monoisotopic (exact) mass is 302 g/mol. The maximum Gasteiger partial charge on any atom is 0.333 e. The lowest BCUT2D eigenvalue weighted by atomic mass is 10.1. The number of hydrogen-bond donors (Lipinski definition) is 0. The second-order valence-corrected chi connectivity index (χ2v) is 5.33. The molecule has 0 aliphatic carbocycles. The summed E-state index contributed by atoms with van der Waals surface area (Å²) in [7, 11) is 0. The Morgan fingerprint density at radius 2 is 1.86 bits per heavy atom. The van der Waals surface area contributed by atoms with Gasteiger partial charge < -0.3 is 4.74 Å². The lowest BCUT2D eigenvalue weighted by Gasteiger charge is -2.15. The molecule has 0 saturated carbocycles. The Morgan fingerprint density at radius 3 is 2.27 bits per heavy atom. The predicted molar refractivity (Wildman–Crippen MR) is 95.7 cm³/mol. The highest BCUT2D eigenvalue weighted by Crippen LogP contribution is 2.11. The normalized spacial score (nSPS) is 10.9. The van der Waals surface area contributed by atoms with Crippen LogP contribution in [0.1, 0.15) is 58.4 Å². The van der Waals surface area contributed by atoms with Gasteiger partial charge in [0.25, 0.3) is 0 Å². The van der Waals surface area contributed by atoms with Crippen LogP contribution in [0.4, 0.5) is 0 Å². The van der Waals surface area contributed by atoms with E-state index in [0.717, 1.165) is 19.3 Å². The Morgan fingerprint density at radius 1 is 1.23 bits per heavy atom. The van der Waals surface area contributed by atoms with E-state index >= 15 is 0 Å². The predicted octanol–water partition coefficient (Wildman–Crippen LogP) is 5.79. The average Bonchev–Trinajstić information content (AvgIpc) is 2.55. The highest BCUT2D eigenvalue weighted by Gasteiger charge is 2.12. The van der Waals surface area contributed by atoms with Crippen molar-refractivity contribution >= 4 is 12.0 Å². The SMILES string of the molecule is C=C(C)C(=O)OC(CC)CCCCC.C=Cc1ccccc1. The van der Waals surface area contributed by atoms with Crippen LogP contribution in [0.3, 0.4) is 0 Å². The van der Waals surface area contributed by atoms with Crippen LogP contribution in [0.2, 0.25) is 0 Å². The smallest absolute Gasteiger partial charge is 0.333 e. The van der Waals surface area contributed by atoms with Gasteiger partial charge in [-0.05, 0) is 31.7 Å². The molecule has 1 aromatic carbocycles. The van der Waals surface area contributed by atoms with E-state index in [2.05, 4.69) is 20.1 Å². The first-order valence-electron chi connectivity index (χ1n) is 8.09. The molecular weight excluding hydrogens is 272 g/mol. The molecule has 0 spiro atoms. The van der Waals surface area contributed by atoms with Gasteiger partial charge in [-0.15, -0.1) is 0 Å². The van der Waals surface area contributed by atoms with Gasteiger partial charge >= 0.3 is 5.97 Å². The summed E-state index contributed by atoms with van der Waals surface area (Å²) in [6, 6.07) is 10.0. The van der Waals surface area contributed by atoms with Gasteiger partial charge in [0.05, 0.1) is 0 Å². The summed E-state index contributed by atoms with van der Waals surface area (Å²) in [5, 5.41) is 0. The van der Waals surface area contributed by atoms with Gasteiger partial charge in [0.1, 0.15) is 6.10 Å². The van der Waals surface area contributed by atoms with E-state index < -0.39 is 0 Å². The number of rotatable bonds is 8. The maximum atomic E-state index is 11.2. The summed E-state index contributed by atoms with van der Waals surface area (Å²) >= 11 is 0. The summed E-state index contributed by atoms with van der Waals surface area (Å²) < 4.78 is 5.27. The molecule has 1 aromatic rings. The Bertz CT molecular complexity index is 434. The zero-order chi connectivity index (χ0) is 16.8. The van der Waals surface area contributed by atoms with E-state index in [1.54, 1.807) is 6.92 Å². The van der Waals surface area contributed by atoms with Gasteiger partial charge in [0, 0.05) is 5.57 Å². The molecule has 0 saturated heterocycles. The zero-order valence-electron chi connectivity index (χ0n) is 14.3. The fourth-order valence-corrected chi connectivity index (χ4v) is 1.81. The highest BCUT2D eigenvalue weighted by atomic mass is 16.5. The van der Waals surface area contributed by atoms with E-state index in [1.165, 1.54) is 18.4 Å². The van der Waals surface area contributed by atoms with Crippen molar-refractivity contribution in [3.05, 3.63) is 54.6 Å². The topological polar surface area (TPSA) is 26.3 Å². The summed E-state index contributed by atoms with van der Waals surface area (Å²) in [6.45, 7) is 13.1. The van der Waals surface area contributed by atoms with Crippen LogP contribution in [0.5, 0.6) is 0 Å². The third-order valence-electron chi connectivity index (χ3n) is 3.24. The van der Waals surface area contributed by atoms with Crippen molar-refractivity contribution in [3.63, 3.8) is 0 Å². The number of unbranched alkanes of at least 4 members (excludes halogenated alkanes) is 2. The molecule has 0 bridgehead atoms. The number of benzene rings is 1. The quantitative estimate of drug-likeness (QED) is 0.345. The Labute approximate surface area is 135 Å². The molecule has 0 fully saturated rings. The van der Waals surface area contributed by atoms with Crippen LogP contribution in [0, 0.1) is 0 Å². The van der Waals surface area contributed by atoms with Crippen molar-refractivity contribution in [2.75, 3.05) is 0 Å². The maximum absolute atomic E-state index is 11.2. The Kier molecular flexibility index (Phi) is 11.8. The minimum atomic E-state index is -0.256.